The molecule has 1 saturated heterocycles. The van der Waals surface area contributed by atoms with Crippen molar-refractivity contribution in [3.8, 4) is 5.69 Å². The smallest absolute Gasteiger partial charge is 0.233 e. The van der Waals surface area contributed by atoms with Crippen LogP contribution < -0.4 is 5.32 Å². The number of imidazole rings is 1. The molecule has 0 bridgehead atoms. The fourth-order valence-electron chi connectivity index (χ4n) is 3.07. The third kappa shape index (κ3) is 4.29. The van der Waals surface area contributed by atoms with E-state index in [9.17, 15) is 13.2 Å². The van der Waals surface area contributed by atoms with E-state index in [1.807, 2.05) is 36.7 Å². The van der Waals surface area contributed by atoms with Gasteiger partial charge in [0, 0.05) is 18.4 Å². The van der Waals surface area contributed by atoms with Crippen molar-refractivity contribution in [2.45, 2.75) is 43.6 Å². The lowest BCUT2D eigenvalue weighted by Gasteiger charge is -2.16. The summed E-state index contributed by atoms with van der Waals surface area (Å²) in [6, 6.07) is 5.92. The first kappa shape index (κ1) is 19.0. The molecule has 0 radical (unpaired) electrons. The van der Waals surface area contributed by atoms with E-state index in [1.165, 1.54) is 17.3 Å². The quantitative estimate of drug-likeness (QED) is 0.788. The number of carbonyl (C=O) groups is 1. The molecule has 0 aliphatic carbocycles. The number of nitrogens with one attached hydrogen (secondary N) is 1. The molecule has 1 aliphatic heterocycles. The SMILES string of the molecule is Cc1ccc(-n2ccnc2SC(C)C(=O)NC2CCS(=O)(=O)C2)c(C)c1. The van der Waals surface area contributed by atoms with Gasteiger partial charge >= 0.3 is 0 Å². The summed E-state index contributed by atoms with van der Waals surface area (Å²) in [5.41, 5.74) is 3.36. The van der Waals surface area contributed by atoms with Gasteiger partial charge in [-0.05, 0) is 38.8 Å². The van der Waals surface area contributed by atoms with Gasteiger partial charge in [0.2, 0.25) is 5.91 Å². The number of thioether (sulfide) groups is 1. The van der Waals surface area contributed by atoms with Crippen LogP contribution in [-0.4, -0.2) is 46.7 Å². The summed E-state index contributed by atoms with van der Waals surface area (Å²) in [6.07, 6.45) is 4.09. The summed E-state index contributed by atoms with van der Waals surface area (Å²) in [6.45, 7) is 5.91. The molecule has 0 spiro atoms. The van der Waals surface area contributed by atoms with Crippen LogP contribution in [0.1, 0.15) is 24.5 Å². The Bertz CT molecular complexity index is 922. The molecule has 26 heavy (non-hydrogen) atoms. The summed E-state index contributed by atoms with van der Waals surface area (Å²) >= 11 is 1.37. The van der Waals surface area contributed by atoms with Gasteiger partial charge < -0.3 is 5.32 Å². The minimum Gasteiger partial charge on any atom is -0.351 e. The first-order valence-electron chi connectivity index (χ1n) is 8.53. The number of rotatable bonds is 5. The molecular formula is C18H23N3O3S2. The third-order valence-electron chi connectivity index (χ3n) is 4.45. The second-order valence-corrected chi connectivity index (χ2v) is 10.3. The highest BCUT2D eigenvalue weighted by molar-refractivity contribution is 8.00. The highest BCUT2D eigenvalue weighted by atomic mass is 32.2. The van der Waals surface area contributed by atoms with Gasteiger partial charge in [0.05, 0.1) is 22.4 Å². The number of nitrogens with zero attached hydrogens (tertiary/aromatic N) is 2. The van der Waals surface area contributed by atoms with E-state index in [4.69, 9.17) is 0 Å². The van der Waals surface area contributed by atoms with Crippen molar-refractivity contribution in [1.29, 1.82) is 0 Å². The third-order valence-corrected chi connectivity index (χ3v) is 7.30. The average molecular weight is 394 g/mol. The fraction of sp³-hybridized carbons (Fsp3) is 0.444. The van der Waals surface area contributed by atoms with E-state index in [0.717, 1.165) is 16.4 Å². The summed E-state index contributed by atoms with van der Waals surface area (Å²) in [5.74, 6) is 0.0245. The maximum atomic E-state index is 12.4. The van der Waals surface area contributed by atoms with Crippen LogP contribution >= 0.6 is 11.8 Å². The normalized spacial score (nSPS) is 20.0. The molecule has 0 saturated carbocycles. The van der Waals surface area contributed by atoms with Gasteiger partial charge in [-0.15, -0.1) is 0 Å². The minimum atomic E-state index is -3.01. The van der Waals surface area contributed by atoms with Crippen LogP contribution in [0.3, 0.4) is 0 Å². The van der Waals surface area contributed by atoms with Crippen molar-refractivity contribution in [2.75, 3.05) is 11.5 Å². The summed E-state index contributed by atoms with van der Waals surface area (Å²) in [7, 11) is -3.01. The molecule has 2 aromatic rings. The fourth-order valence-corrected chi connectivity index (χ4v) is 5.63. The van der Waals surface area contributed by atoms with Crippen LogP contribution in [0.5, 0.6) is 0 Å². The van der Waals surface area contributed by atoms with Gasteiger partial charge in [-0.3, -0.25) is 9.36 Å². The number of hydrogen-bond acceptors (Lipinski definition) is 5. The zero-order valence-corrected chi connectivity index (χ0v) is 16.7. The van der Waals surface area contributed by atoms with Crippen molar-refractivity contribution in [2.24, 2.45) is 0 Å². The van der Waals surface area contributed by atoms with E-state index in [1.54, 1.807) is 6.20 Å². The lowest BCUT2D eigenvalue weighted by atomic mass is 10.1. The van der Waals surface area contributed by atoms with Gasteiger partial charge in [-0.2, -0.15) is 0 Å². The molecule has 1 aromatic heterocycles. The van der Waals surface area contributed by atoms with Crippen LogP contribution in [0, 0.1) is 13.8 Å². The van der Waals surface area contributed by atoms with Gasteiger partial charge in [-0.25, -0.2) is 13.4 Å². The maximum absolute atomic E-state index is 12.4. The van der Waals surface area contributed by atoms with Crippen molar-refractivity contribution < 1.29 is 13.2 Å². The van der Waals surface area contributed by atoms with Crippen molar-refractivity contribution in [3.63, 3.8) is 0 Å². The summed E-state index contributed by atoms with van der Waals surface area (Å²) < 4.78 is 25.0. The van der Waals surface area contributed by atoms with Crippen LogP contribution in [-0.2, 0) is 14.6 Å². The second-order valence-electron chi connectivity index (χ2n) is 6.74. The molecule has 2 unspecified atom stereocenters. The number of aryl methyl sites for hydroxylation is 2. The molecule has 2 atom stereocenters. The molecule has 1 aromatic carbocycles. The first-order chi connectivity index (χ1) is 12.2. The predicted molar refractivity (Wildman–Crippen MR) is 104 cm³/mol. The zero-order chi connectivity index (χ0) is 18.9. The van der Waals surface area contributed by atoms with Crippen LogP contribution in [0.25, 0.3) is 5.69 Å². The van der Waals surface area contributed by atoms with Gasteiger partial charge in [0.15, 0.2) is 15.0 Å². The molecule has 1 N–H and O–H groups in total. The lowest BCUT2D eigenvalue weighted by Crippen LogP contribution is -2.40. The lowest BCUT2D eigenvalue weighted by molar-refractivity contribution is -0.120. The topological polar surface area (TPSA) is 81.1 Å². The van der Waals surface area contributed by atoms with Gasteiger partial charge in [-0.1, -0.05) is 29.5 Å². The summed E-state index contributed by atoms with van der Waals surface area (Å²) in [5, 5.41) is 3.21. The highest BCUT2D eigenvalue weighted by Crippen LogP contribution is 2.26. The molecule has 1 aliphatic rings. The second kappa shape index (κ2) is 7.44. The zero-order valence-electron chi connectivity index (χ0n) is 15.1. The molecule has 3 rings (SSSR count). The van der Waals surface area contributed by atoms with Crippen molar-refractivity contribution >= 4 is 27.5 Å². The van der Waals surface area contributed by atoms with Crippen molar-refractivity contribution in [3.05, 3.63) is 41.7 Å². The van der Waals surface area contributed by atoms with E-state index < -0.39 is 9.84 Å². The van der Waals surface area contributed by atoms with E-state index >= 15 is 0 Å². The molecule has 140 valence electrons. The number of aromatic nitrogens is 2. The largest absolute Gasteiger partial charge is 0.351 e. The minimum absolute atomic E-state index is 0.0350. The number of sulfone groups is 1. The van der Waals surface area contributed by atoms with E-state index in [2.05, 4.69) is 23.3 Å². The Kier molecular flexibility index (Phi) is 5.43. The Balaban J connectivity index is 1.69. The average Bonchev–Trinajstić information content (AvgIpc) is 3.13. The molecule has 1 amide bonds. The molecule has 8 heteroatoms. The van der Waals surface area contributed by atoms with Gasteiger partial charge in [0.1, 0.15) is 0 Å². The number of hydrogen-bond donors (Lipinski definition) is 1. The van der Waals surface area contributed by atoms with Crippen LogP contribution in [0.2, 0.25) is 0 Å². The van der Waals surface area contributed by atoms with Crippen molar-refractivity contribution in [1.82, 2.24) is 14.9 Å². The van der Waals surface area contributed by atoms with Gasteiger partial charge in [0.25, 0.3) is 0 Å². The molecule has 6 nitrogen and oxygen atoms in total. The predicted octanol–water partition coefficient (Wildman–Crippen LogP) is 2.27. The Morgan fingerprint density at radius 2 is 2.15 bits per heavy atom. The molecular weight excluding hydrogens is 370 g/mol. The molecule has 1 fully saturated rings. The van der Waals surface area contributed by atoms with E-state index in [0.29, 0.717) is 6.42 Å². The molecule has 2 heterocycles. The maximum Gasteiger partial charge on any atom is 0.233 e. The number of amides is 1. The number of benzene rings is 1. The monoisotopic (exact) mass is 393 g/mol. The highest BCUT2D eigenvalue weighted by Gasteiger charge is 2.30. The first-order valence-corrected chi connectivity index (χ1v) is 11.2. The Morgan fingerprint density at radius 1 is 1.38 bits per heavy atom. The summed E-state index contributed by atoms with van der Waals surface area (Å²) in [4.78, 5) is 16.8. The number of carbonyl (C=O) groups excluding carboxylic acids is 1. The van der Waals surface area contributed by atoms with Crippen LogP contribution in [0.4, 0.5) is 0 Å². The Morgan fingerprint density at radius 3 is 2.81 bits per heavy atom. The Hall–Kier alpha value is -1.80. The van der Waals surface area contributed by atoms with E-state index in [-0.39, 0.29) is 28.7 Å². The standard InChI is InChI=1S/C18H23N3O3S2/c1-12-4-5-16(13(2)10-12)21-8-7-19-18(21)25-14(3)17(22)20-15-6-9-26(23,24)11-15/h4-5,7-8,10,14-15H,6,9,11H2,1-3H3,(H,20,22). The Labute approximate surface area is 158 Å². The van der Waals surface area contributed by atoms with Crippen LogP contribution in [0.15, 0.2) is 35.7 Å².